The molecule has 4 rings (SSSR count). The molecule has 3 heteroatoms. The van der Waals surface area contributed by atoms with Crippen LogP contribution in [-0.4, -0.2) is 23.3 Å². The minimum absolute atomic E-state index is 0.0312. The van der Waals surface area contributed by atoms with Gasteiger partial charge in [0.15, 0.2) is 0 Å². The fraction of sp³-hybridized carbons (Fsp3) is 0.200. The molecular formula is C20H17NO2. The summed E-state index contributed by atoms with van der Waals surface area (Å²) < 4.78 is 0. The first-order chi connectivity index (χ1) is 11.2. The Labute approximate surface area is 135 Å². The Morgan fingerprint density at radius 2 is 1.74 bits per heavy atom. The van der Waals surface area contributed by atoms with Gasteiger partial charge in [-0.2, -0.15) is 0 Å². The lowest BCUT2D eigenvalue weighted by molar-refractivity contribution is -0.138. The van der Waals surface area contributed by atoms with E-state index in [0.717, 1.165) is 11.1 Å². The first-order valence-electron chi connectivity index (χ1n) is 7.84. The predicted octanol–water partition coefficient (Wildman–Crippen LogP) is 3.22. The van der Waals surface area contributed by atoms with Crippen LogP contribution in [0.4, 0.5) is 0 Å². The number of nitrogens with zero attached hydrogens (tertiary/aromatic N) is 1. The van der Waals surface area contributed by atoms with Crippen LogP contribution in [0.5, 0.6) is 0 Å². The lowest BCUT2D eigenvalue weighted by Crippen LogP contribution is -2.30. The van der Waals surface area contributed by atoms with E-state index >= 15 is 0 Å². The van der Waals surface area contributed by atoms with Crippen molar-refractivity contribution < 1.29 is 9.59 Å². The van der Waals surface area contributed by atoms with Gasteiger partial charge >= 0.3 is 0 Å². The van der Waals surface area contributed by atoms with Crippen molar-refractivity contribution in [2.45, 2.75) is 12.8 Å². The number of carbonyl (C=O) groups is 2. The third kappa shape index (κ3) is 2.12. The summed E-state index contributed by atoms with van der Waals surface area (Å²) in [5.41, 5.74) is 4.25. The van der Waals surface area contributed by atoms with Gasteiger partial charge < -0.3 is 0 Å². The number of hydrogen-bond donors (Lipinski definition) is 0. The largest absolute Gasteiger partial charge is 0.278 e. The average Bonchev–Trinajstić information content (AvgIpc) is 2.90. The molecular weight excluding hydrogens is 286 g/mol. The second-order valence-electron chi connectivity index (χ2n) is 6.16. The van der Waals surface area contributed by atoms with E-state index < -0.39 is 0 Å². The highest BCUT2D eigenvalue weighted by Gasteiger charge is 2.44. The summed E-state index contributed by atoms with van der Waals surface area (Å²) >= 11 is 0. The Morgan fingerprint density at radius 1 is 1.04 bits per heavy atom. The molecule has 2 amide bonds. The molecule has 0 spiro atoms. The molecule has 1 saturated heterocycles. The van der Waals surface area contributed by atoms with Crippen molar-refractivity contribution in [1.29, 1.82) is 0 Å². The number of benzene rings is 2. The highest BCUT2D eigenvalue weighted by Crippen LogP contribution is 2.46. The van der Waals surface area contributed by atoms with Crippen LogP contribution < -0.4 is 0 Å². The summed E-state index contributed by atoms with van der Waals surface area (Å²) in [6.07, 6.45) is 1.96. The van der Waals surface area contributed by atoms with E-state index in [9.17, 15) is 9.59 Å². The van der Waals surface area contributed by atoms with E-state index in [4.69, 9.17) is 0 Å². The Bertz CT molecular complexity index is 823. The fourth-order valence-electron chi connectivity index (χ4n) is 3.80. The molecule has 1 fully saturated rings. The number of hydrogen-bond acceptors (Lipinski definition) is 2. The van der Waals surface area contributed by atoms with Crippen LogP contribution in [0, 0.1) is 5.92 Å². The molecule has 0 aromatic heterocycles. The van der Waals surface area contributed by atoms with Crippen LogP contribution in [0.1, 0.15) is 29.5 Å². The zero-order valence-electron chi connectivity index (χ0n) is 12.9. The van der Waals surface area contributed by atoms with Gasteiger partial charge in [0.1, 0.15) is 0 Å². The smallest absolute Gasteiger partial charge is 0.256 e. The van der Waals surface area contributed by atoms with Crippen molar-refractivity contribution in [2.75, 3.05) is 6.54 Å². The van der Waals surface area contributed by atoms with E-state index in [1.807, 2.05) is 42.5 Å². The molecule has 0 bridgehead atoms. The lowest BCUT2D eigenvalue weighted by Gasteiger charge is -2.29. The van der Waals surface area contributed by atoms with Crippen molar-refractivity contribution in [3.05, 3.63) is 76.9 Å². The fourth-order valence-corrected chi connectivity index (χ4v) is 3.80. The molecule has 2 aliphatic rings. The van der Waals surface area contributed by atoms with Gasteiger partial charge in [-0.05, 0) is 22.8 Å². The molecule has 114 valence electrons. The normalized spacial score (nSPS) is 22.4. The molecule has 0 radical (unpaired) electrons. The van der Waals surface area contributed by atoms with Gasteiger partial charge in [-0.15, -0.1) is 0 Å². The average molecular weight is 303 g/mol. The van der Waals surface area contributed by atoms with Gasteiger partial charge in [0, 0.05) is 30.9 Å². The molecule has 2 aromatic carbocycles. The highest BCUT2D eigenvalue weighted by atomic mass is 16.2. The zero-order chi connectivity index (χ0) is 16.0. The van der Waals surface area contributed by atoms with E-state index in [1.54, 1.807) is 0 Å². The standard InChI is InChI=1S/C20H17NO2/c1-13(22)21-12-18-17(20(21)23)11-15-9-5-6-10-16(15)19(18)14-7-3-2-4-8-14/h2-11,18-19H,12H2,1H3/t18-,19-/m1/s1. The monoisotopic (exact) mass is 303 g/mol. The summed E-state index contributed by atoms with van der Waals surface area (Å²) in [5, 5.41) is 0. The van der Waals surface area contributed by atoms with E-state index in [1.165, 1.54) is 23.0 Å². The zero-order valence-corrected chi connectivity index (χ0v) is 12.9. The maximum atomic E-state index is 12.6. The summed E-state index contributed by atoms with van der Waals surface area (Å²) in [5.74, 6) is -0.177. The van der Waals surface area contributed by atoms with Crippen LogP contribution in [-0.2, 0) is 9.59 Å². The third-order valence-corrected chi connectivity index (χ3v) is 4.85. The Kier molecular flexibility index (Phi) is 3.15. The maximum Gasteiger partial charge on any atom is 0.256 e. The molecule has 0 unspecified atom stereocenters. The van der Waals surface area contributed by atoms with Crippen LogP contribution in [0.25, 0.3) is 6.08 Å². The first kappa shape index (κ1) is 13.9. The Hall–Kier alpha value is -2.68. The number of fused-ring (bicyclic) bond motifs is 2. The van der Waals surface area contributed by atoms with Crippen LogP contribution in [0.15, 0.2) is 60.2 Å². The summed E-state index contributed by atoms with van der Waals surface area (Å²) in [6, 6.07) is 18.4. The Balaban J connectivity index is 1.89. The first-order valence-corrected chi connectivity index (χ1v) is 7.84. The number of likely N-dealkylation sites (tertiary alicyclic amines) is 1. The molecule has 0 saturated carbocycles. The topological polar surface area (TPSA) is 37.4 Å². The summed E-state index contributed by atoms with van der Waals surface area (Å²) in [6.45, 7) is 1.92. The number of rotatable bonds is 1. The minimum Gasteiger partial charge on any atom is -0.278 e. The van der Waals surface area contributed by atoms with E-state index in [0.29, 0.717) is 6.54 Å². The molecule has 23 heavy (non-hydrogen) atoms. The van der Waals surface area contributed by atoms with Crippen LogP contribution in [0.3, 0.4) is 0 Å². The second kappa shape index (κ2) is 5.20. The highest BCUT2D eigenvalue weighted by molar-refractivity contribution is 6.09. The van der Waals surface area contributed by atoms with Crippen molar-refractivity contribution in [3.8, 4) is 0 Å². The number of carbonyl (C=O) groups excluding carboxylic acids is 2. The molecule has 1 aliphatic carbocycles. The molecule has 0 N–H and O–H groups in total. The third-order valence-electron chi connectivity index (χ3n) is 4.85. The van der Waals surface area contributed by atoms with Gasteiger partial charge in [0.05, 0.1) is 0 Å². The SMILES string of the molecule is CC(=O)N1C[C@@H]2C(=Cc3ccccc3[C@H]2c2ccccc2)C1=O. The number of imide groups is 1. The van der Waals surface area contributed by atoms with Gasteiger partial charge in [-0.3, -0.25) is 14.5 Å². The van der Waals surface area contributed by atoms with Gasteiger partial charge in [0.2, 0.25) is 5.91 Å². The van der Waals surface area contributed by atoms with Crippen LogP contribution >= 0.6 is 0 Å². The van der Waals surface area contributed by atoms with Gasteiger partial charge in [-0.25, -0.2) is 0 Å². The van der Waals surface area contributed by atoms with E-state index in [2.05, 4.69) is 18.2 Å². The van der Waals surface area contributed by atoms with Crippen molar-refractivity contribution in [1.82, 2.24) is 4.90 Å². The van der Waals surface area contributed by atoms with Crippen molar-refractivity contribution in [3.63, 3.8) is 0 Å². The predicted molar refractivity (Wildman–Crippen MR) is 88.6 cm³/mol. The molecule has 2 aromatic rings. The molecule has 1 heterocycles. The van der Waals surface area contributed by atoms with Crippen LogP contribution in [0.2, 0.25) is 0 Å². The lowest BCUT2D eigenvalue weighted by atomic mass is 9.73. The Morgan fingerprint density at radius 3 is 2.48 bits per heavy atom. The minimum atomic E-state index is -0.179. The van der Waals surface area contributed by atoms with E-state index in [-0.39, 0.29) is 23.7 Å². The maximum absolute atomic E-state index is 12.6. The molecule has 3 nitrogen and oxygen atoms in total. The quantitative estimate of drug-likeness (QED) is 0.811. The summed E-state index contributed by atoms with van der Waals surface area (Å²) in [4.78, 5) is 25.8. The number of amides is 2. The second-order valence-corrected chi connectivity index (χ2v) is 6.16. The van der Waals surface area contributed by atoms with Gasteiger partial charge in [0.25, 0.3) is 5.91 Å². The van der Waals surface area contributed by atoms with Gasteiger partial charge in [-0.1, -0.05) is 54.6 Å². The molecule has 1 aliphatic heterocycles. The van der Waals surface area contributed by atoms with Crippen molar-refractivity contribution >= 4 is 17.9 Å². The summed E-state index contributed by atoms with van der Waals surface area (Å²) in [7, 11) is 0. The van der Waals surface area contributed by atoms with Crippen molar-refractivity contribution in [2.24, 2.45) is 5.92 Å². The molecule has 2 atom stereocenters.